The number of aromatic nitrogens is 1. The highest BCUT2D eigenvalue weighted by Crippen LogP contribution is 2.32. The van der Waals surface area contributed by atoms with Crippen LogP contribution in [0.25, 0.3) is 10.9 Å². The quantitative estimate of drug-likeness (QED) is 0.828. The lowest BCUT2D eigenvalue weighted by molar-refractivity contribution is 0.289. The van der Waals surface area contributed by atoms with Gasteiger partial charge in [-0.2, -0.15) is 0 Å². The van der Waals surface area contributed by atoms with Crippen LogP contribution in [0, 0.1) is 11.8 Å². The molecule has 1 heterocycles. The Morgan fingerprint density at radius 1 is 1.19 bits per heavy atom. The Morgan fingerprint density at radius 3 is 2.95 bits per heavy atom. The standard InChI is InChI=1S/C19H26N2/c1-14(2)12-15-6-3-7-16(13-15)21-19-10-4-9-18-17(19)8-5-11-20-18/h4-5,8-11,14-16,21H,3,6-7,12-13H2,1-2H3. The highest BCUT2D eigenvalue weighted by Gasteiger charge is 2.22. The van der Waals surface area contributed by atoms with Crippen molar-refractivity contribution >= 4 is 16.6 Å². The van der Waals surface area contributed by atoms with Crippen LogP contribution in [0.2, 0.25) is 0 Å². The molecule has 1 aliphatic rings. The van der Waals surface area contributed by atoms with Gasteiger partial charge in [-0.3, -0.25) is 4.98 Å². The Kier molecular flexibility index (Phi) is 4.42. The van der Waals surface area contributed by atoms with E-state index in [1.165, 1.54) is 43.2 Å². The lowest BCUT2D eigenvalue weighted by atomic mass is 9.81. The lowest BCUT2D eigenvalue weighted by Crippen LogP contribution is -2.28. The van der Waals surface area contributed by atoms with Crippen molar-refractivity contribution in [3.8, 4) is 0 Å². The number of nitrogens with zero attached hydrogens (tertiary/aromatic N) is 1. The Labute approximate surface area is 128 Å². The fourth-order valence-electron chi connectivity index (χ4n) is 3.75. The van der Waals surface area contributed by atoms with Gasteiger partial charge in [-0.25, -0.2) is 0 Å². The van der Waals surface area contributed by atoms with Crippen molar-refractivity contribution in [3.05, 3.63) is 36.5 Å². The fourth-order valence-corrected chi connectivity index (χ4v) is 3.75. The predicted octanol–water partition coefficient (Wildman–Crippen LogP) is 5.25. The third-order valence-corrected chi connectivity index (χ3v) is 4.59. The number of fused-ring (bicyclic) bond motifs is 1. The number of nitrogens with one attached hydrogen (secondary N) is 1. The van der Waals surface area contributed by atoms with Gasteiger partial charge in [-0.1, -0.05) is 32.8 Å². The van der Waals surface area contributed by atoms with E-state index in [2.05, 4.69) is 48.4 Å². The summed E-state index contributed by atoms with van der Waals surface area (Å²) in [5, 5.41) is 5.03. The van der Waals surface area contributed by atoms with Crippen molar-refractivity contribution in [1.29, 1.82) is 0 Å². The largest absolute Gasteiger partial charge is 0.382 e. The molecule has 21 heavy (non-hydrogen) atoms. The molecule has 1 saturated carbocycles. The van der Waals surface area contributed by atoms with Crippen LogP contribution in [0.1, 0.15) is 46.0 Å². The molecule has 1 N–H and O–H groups in total. The highest BCUT2D eigenvalue weighted by atomic mass is 14.9. The van der Waals surface area contributed by atoms with Crippen molar-refractivity contribution in [3.63, 3.8) is 0 Å². The number of hydrogen-bond donors (Lipinski definition) is 1. The van der Waals surface area contributed by atoms with Gasteiger partial charge in [0.1, 0.15) is 0 Å². The third kappa shape index (κ3) is 3.55. The van der Waals surface area contributed by atoms with Crippen LogP contribution >= 0.6 is 0 Å². The van der Waals surface area contributed by atoms with Gasteiger partial charge in [-0.15, -0.1) is 0 Å². The average Bonchev–Trinajstić information content (AvgIpc) is 2.47. The van der Waals surface area contributed by atoms with Gasteiger partial charge in [0.05, 0.1) is 5.52 Å². The molecular weight excluding hydrogens is 256 g/mol. The summed E-state index contributed by atoms with van der Waals surface area (Å²) >= 11 is 0. The molecule has 0 saturated heterocycles. The van der Waals surface area contributed by atoms with E-state index in [-0.39, 0.29) is 0 Å². The Morgan fingerprint density at radius 2 is 2.10 bits per heavy atom. The van der Waals surface area contributed by atoms with E-state index in [0.717, 1.165) is 17.4 Å². The minimum atomic E-state index is 0.619. The molecule has 0 bridgehead atoms. The zero-order chi connectivity index (χ0) is 14.7. The van der Waals surface area contributed by atoms with Crippen molar-refractivity contribution in [2.24, 2.45) is 11.8 Å². The summed E-state index contributed by atoms with van der Waals surface area (Å²) in [7, 11) is 0. The summed E-state index contributed by atoms with van der Waals surface area (Å²) in [6.45, 7) is 4.68. The molecule has 2 heteroatoms. The first kappa shape index (κ1) is 14.4. The maximum absolute atomic E-state index is 4.45. The maximum Gasteiger partial charge on any atom is 0.0722 e. The molecule has 0 radical (unpaired) electrons. The molecule has 2 unspecified atom stereocenters. The summed E-state index contributed by atoms with van der Waals surface area (Å²) < 4.78 is 0. The summed E-state index contributed by atoms with van der Waals surface area (Å²) in [5.74, 6) is 1.71. The molecule has 1 aliphatic carbocycles. The van der Waals surface area contributed by atoms with Gasteiger partial charge >= 0.3 is 0 Å². The van der Waals surface area contributed by atoms with Crippen LogP contribution in [0.5, 0.6) is 0 Å². The molecule has 2 nitrogen and oxygen atoms in total. The van der Waals surface area contributed by atoms with Gasteiger partial charge in [0, 0.05) is 23.3 Å². The van der Waals surface area contributed by atoms with E-state index in [9.17, 15) is 0 Å². The SMILES string of the molecule is CC(C)CC1CCCC(Nc2cccc3ncccc23)C1. The number of hydrogen-bond acceptors (Lipinski definition) is 2. The van der Waals surface area contributed by atoms with Crippen LogP contribution < -0.4 is 5.32 Å². The molecule has 0 aliphatic heterocycles. The summed E-state index contributed by atoms with van der Waals surface area (Å²) in [5.41, 5.74) is 2.33. The van der Waals surface area contributed by atoms with Crippen molar-refractivity contribution in [1.82, 2.24) is 4.98 Å². The van der Waals surface area contributed by atoms with Gasteiger partial charge in [-0.05, 0) is 55.4 Å². The van der Waals surface area contributed by atoms with E-state index in [1.807, 2.05) is 12.3 Å². The summed E-state index contributed by atoms with van der Waals surface area (Å²) in [6, 6.07) is 11.2. The Hall–Kier alpha value is -1.57. The zero-order valence-electron chi connectivity index (χ0n) is 13.2. The second kappa shape index (κ2) is 6.46. The van der Waals surface area contributed by atoms with Crippen LogP contribution in [0.15, 0.2) is 36.5 Å². The molecule has 112 valence electrons. The van der Waals surface area contributed by atoms with Gasteiger partial charge in [0.15, 0.2) is 0 Å². The van der Waals surface area contributed by atoms with Crippen LogP contribution in [-0.2, 0) is 0 Å². The molecule has 0 spiro atoms. The third-order valence-electron chi connectivity index (χ3n) is 4.59. The monoisotopic (exact) mass is 282 g/mol. The first-order chi connectivity index (χ1) is 10.2. The van der Waals surface area contributed by atoms with E-state index >= 15 is 0 Å². The molecule has 1 aromatic carbocycles. The molecular formula is C19H26N2. The first-order valence-electron chi connectivity index (χ1n) is 8.32. The number of rotatable bonds is 4. The predicted molar refractivity (Wildman–Crippen MR) is 90.6 cm³/mol. The second-order valence-electron chi connectivity index (χ2n) is 6.88. The normalized spacial score (nSPS) is 22.6. The van der Waals surface area contributed by atoms with E-state index in [4.69, 9.17) is 0 Å². The summed E-state index contributed by atoms with van der Waals surface area (Å²) in [6.07, 6.45) is 8.62. The minimum absolute atomic E-state index is 0.619. The van der Waals surface area contributed by atoms with E-state index < -0.39 is 0 Å². The topological polar surface area (TPSA) is 24.9 Å². The molecule has 1 aromatic heterocycles. The van der Waals surface area contributed by atoms with E-state index in [0.29, 0.717) is 6.04 Å². The average molecular weight is 282 g/mol. The van der Waals surface area contributed by atoms with Crippen molar-refractivity contribution in [2.45, 2.75) is 52.0 Å². The van der Waals surface area contributed by atoms with Gasteiger partial charge < -0.3 is 5.32 Å². The van der Waals surface area contributed by atoms with Crippen molar-refractivity contribution < 1.29 is 0 Å². The number of pyridine rings is 1. The molecule has 0 amide bonds. The summed E-state index contributed by atoms with van der Waals surface area (Å²) in [4.78, 5) is 4.45. The minimum Gasteiger partial charge on any atom is -0.382 e. The van der Waals surface area contributed by atoms with E-state index in [1.54, 1.807) is 0 Å². The van der Waals surface area contributed by atoms with Gasteiger partial charge in [0.2, 0.25) is 0 Å². The van der Waals surface area contributed by atoms with Crippen molar-refractivity contribution in [2.75, 3.05) is 5.32 Å². The zero-order valence-corrected chi connectivity index (χ0v) is 13.2. The molecule has 3 rings (SSSR count). The van der Waals surface area contributed by atoms with Crippen LogP contribution in [0.3, 0.4) is 0 Å². The first-order valence-corrected chi connectivity index (χ1v) is 8.32. The Bertz CT molecular complexity index is 586. The highest BCUT2D eigenvalue weighted by molar-refractivity contribution is 5.91. The number of anilines is 1. The smallest absolute Gasteiger partial charge is 0.0722 e. The molecule has 2 atom stereocenters. The lowest BCUT2D eigenvalue weighted by Gasteiger charge is -2.31. The van der Waals surface area contributed by atoms with Crippen LogP contribution in [0.4, 0.5) is 5.69 Å². The molecule has 2 aromatic rings. The fraction of sp³-hybridized carbons (Fsp3) is 0.526. The van der Waals surface area contributed by atoms with Gasteiger partial charge in [0.25, 0.3) is 0 Å². The second-order valence-corrected chi connectivity index (χ2v) is 6.88. The maximum atomic E-state index is 4.45. The molecule has 1 fully saturated rings. The number of benzene rings is 1. The van der Waals surface area contributed by atoms with Crippen LogP contribution in [-0.4, -0.2) is 11.0 Å². The Balaban J connectivity index is 1.73.